The van der Waals surface area contributed by atoms with Crippen molar-refractivity contribution in [1.82, 2.24) is 9.88 Å². The van der Waals surface area contributed by atoms with Gasteiger partial charge in [0.2, 0.25) is 0 Å². The summed E-state index contributed by atoms with van der Waals surface area (Å²) >= 11 is 0. The minimum atomic E-state index is 0. The number of amides is 1. The molecule has 2 N–H and O–H groups in total. The molecule has 1 aliphatic rings. The highest BCUT2D eigenvalue weighted by Crippen LogP contribution is 2.18. The lowest BCUT2D eigenvalue weighted by molar-refractivity contribution is 0.0741. The number of carbonyl (C=O) groups is 1. The second-order valence-electron chi connectivity index (χ2n) is 3.77. The second-order valence-corrected chi connectivity index (χ2v) is 3.77. The summed E-state index contributed by atoms with van der Waals surface area (Å²) in [5, 5.41) is 0. The molecule has 2 heterocycles. The molecule has 6 heteroatoms. The lowest BCUT2D eigenvalue weighted by Crippen LogP contribution is -2.39. The van der Waals surface area contributed by atoms with E-state index in [1.54, 1.807) is 24.5 Å². The molecule has 1 amide bonds. The van der Waals surface area contributed by atoms with Crippen LogP contribution in [0.1, 0.15) is 23.2 Å². The number of halogens is 2. The van der Waals surface area contributed by atoms with E-state index in [9.17, 15) is 4.79 Å². The molecule has 0 aliphatic carbocycles. The number of aromatic nitrogens is 1. The fraction of sp³-hybridized carbons (Fsp3) is 0.455. The predicted octanol–water partition coefficient (Wildman–Crippen LogP) is 1.49. The first kappa shape index (κ1) is 16.2. The molecule has 1 saturated heterocycles. The van der Waals surface area contributed by atoms with E-state index in [-0.39, 0.29) is 36.8 Å². The Hall–Kier alpha value is -0.840. The van der Waals surface area contributed by atoms with Gasteiger partial charge in [0.25, 0.3) is 5.91 Å². The van der Waals surface area contributed by atoms with Gasteiger partial charge in [0.15, 0.2) is 0 Å². The summed E-state index contributed by atoms with van der Waals surface area (Å²) in [6.07, 6.45) is 5.34. The fourth-order valence-electron chi connectivity index (χ4n) is 2.00. The summed E-state index contributed by atoms with van der Waals surface area (Å²) in [6.45, 7) is 1.36. The molecule has 1 aliphatic heterocycles. The molecule has 4 nitrogen and oxygen atoms in total. The Bertz CT molecular complexity index is 348. The highest BCUT2D eigenvalue weighted by molar-refractivity contribution is 5.94. The summed E-state index contributed by atoms with van der Waals surface area (Å²) < 4.78 is 0. The maximum atomic E-state index is 12.0. The van der Waals surface area contributed by atoms with Gasteiger partial charge in [0, 0.05) is 31.5 Å². The third-order valence-electron chi connectivity index (χ3n) is 2.82. The average Bonchev–Trinajstić information content (AvgIpc) is 2.77. The number of nitrogens with two attached hydrogens (primary N) is 1. The van der Waals surface area contributed by atoms with Crippen LogP contribution in [0.3, 0.4) is 0 Å². The molecule has 1 fully saturated rings. The van der Waals surface area contributed by atoms with E-state index in [2.05, 4.69) is 4.98 Å². The van der Waals surface area contributed by atoms with E-state index in [1.807, 2.05) is 4.90 Å². The zero-order chi connectivity index (χ0) is 10.7. The Morgan fingerprint density at radius 3 is 2.88 bits per heavy atom. The van der Waals surface area contributed by atoms with Gasteiger partial charge >= 0.3 is 0 Å². The molecular weight excluding hydrogens is 261 g/mol. The van der Waals surface area contributed by atoms with Gasteiger partial charge in [-0.2, -0.15) is 0 Å². The Morgan fingerprint density at radius 2 is 2.29 bits per heavy atom. The largest absolute Gasteiger partial charge is 0.334 e. The molecule has 0 aromatic carbocycles. The SMILES string of the molecule is Cl.Cl.NCC1CCCN1C(=O)c1cccnc1. The first-order valence-electron chi connectivity index (χ1n) is 5.24. The van der Waals surface area contributed by atoms with Gasteiger partial charge in [-0.3, -0.25) is 9.78 Å². The van der Waals surface area contributed by atoms with Crippen molar-refractivity contribution in [2.75, 3.05) is 13.1 Å². The zero-order valence-electron chi connectivity index (χ0n) is 9.41. The molecule has 1 unspecified atom stereocenters. The van der Waals surface area contributed by atoms with Gasteiger partial charge in [0.1, 0.15) is 0 Å². The van der Waals surface area contributed by atoms with E-state index >= 15 is 0 Å². The maximum absolute atomic E-state index is 12.0. The van der Waals surface area contributed by atoms with Crippen LogP contribution in [0, 0.1) is 0 Å². The van der Waals surface area contributed by atoms with Gasteiger partial charge in [-0.15, -0.1) is 24.8 Å². The van der Waals surface area contributed by atoms with Gasteiger partial charge in [0.05, 0.1) is 5.56 Å². The average molecular weight is 278 g/mol. The molecule has 1 atom stereocenters. The zero-order valence-corrected chi connectivity index (χ0v) is 11.0. The quantitative estimate of drug-likeness (QED) is 0.891. The van der Waals surface area contributed by atoms with E-state index < -0.39 is 0 Å². The van der Waals surface area contributed by atoms with Gasteiger partial charge in [-0.05, 0) is 25.0 Å². The summed E-state index contributed by atoms with van der Waals surface area (Å²) in [5.74, 6) is 0.0519. The maximum Gasteiger partial charge on any atom is 0.255 e. The third-order valence-corrected chi connectivity index (χ3v) is 2.82. The lowest BCUT2D eigenvalue weighted by Gasteiger charge is -2.23. The van der Waals surface area contributed by atoms with Crippen LogP contribution in [-0.2, 0) is 0 Å². The number of hydrogen-bond acceptors (Lipinski definition) is 3. The first-order valence-corrected chi connectivity index (χ1v) is 5.24. The van der Waals surface area contributed by atoms with Crippen molar-refractivity contribution < 1.29 is 4.79 Å². The van der Waals surface area contributed by atoms with Crippen LogP contribution in [0.4, 0.5) is 0 Å². The molecular formula is C11H17Cl2N3O. The van der Waals surface area contributed by atoms with Crippen LogP contribution in [0.2, 0.25) is 0 Å². The van der Waals surface area contributed by atoms with E-state index in [0.29, 0.717) is 12.1 Å². The van der Waals surface area contributed by atoms with Gasteiger partial charge in [-0.25, -0.2) is 0 Å². The first-order chi connectivity index (χ1) is 7.33. The monoisotopic (exact) mass is 277 g/mol. The number of hydrogen-bond donors (Lipinski definition) is 1. The Balaban J connectivity index is 0.00000128. The highest BCUT2D eigenvalue weighted by Gasteiger charge is 2.28. The van der Waals surface area contributed by atoms with Gasteiger partial charge in [-0.1, -0.05) is 0 Å². The van der Waals surface area contributed by atoms with E-state index in [1.165, 1.54) is 0 Å². The van der Waals surface area contributed by atoms with Crippen LogP contribution in [0.15, 0.2) is 24.5 Å². The van der Waals surface area contributed by atoms with Crippen molar-refractivity contribution in [1.29, 1.82) is 0 Å². The number of rotatable bonds is 2. The molecule has 0 radical (unpaired) electrons. The van der Waals surface area contributed by atoms with Crippen LogP contribution in [-0.4, -0.2) is 34.9 Å². The van der Waals surface area contributed by atoms with Crippen molar-refractivity contribution in [3.05, 3.63) is 30.1 Å². The molecule has 1 aromatic heterocycles. The molecule has 0 spiro atoms. The van der Waals surface area contributed by atoms with E-state index in [4.69, 9.17) is 5.73 Å². The molecule has 0 bridgehead atoms. The topological polar surface area (TPSA) is 59.2 Å². The Labute approximate surface area is 113 Å². The summed E-state index contributed by atoms with van der Waals surface area (Å²) in [6, 6.07) is 3.78. The van der Waals surface area contributed by atoms with Crippen molar-refractivity contribution in [2.45, 2.75) is 18.9 Å². The van der Waals surface area contributed by atoms with E-state index in [0.717, 1.165) is 19.4 Å². The minimum Gasteiger partial charge on any atom is -0.334 e. The molecule has 2 rings (SSSR count). The Kier molecular flexibility index (Phi) is 7.11. The van der Waals surface area contributed by atoms with Crippen molar-refractivity contribution >= 4 is 30.7 Å². The van der Waals surface area contributed by atoms with Crippen LogP contribution < -0.4 is 5.73 Å². The number of likely N-dealkylation sites (tertiary alicyclic amines) is 1. The number of carbonyl (C=O) groups excluding carboxylic acids is 1. The minimum absolute atomic E-state index is 0. The molecule has 17 heavy (non-hydrogen) atoms. The number of pyridine rings is 1. The van der Waals surface area contributed by atoms with Crippen LogP contribution >= 0.6 is 24.8 Å². The van der Waals surface area contributed by atoms with Crippen LogP contribution in [0.5, 0.6) is 0 Å². The fourth-order valence-corrected chi connectivity index (χ4v) is 2.00. The normalized spacial score (nSPS) is 18.2. The smallest absolute Gasteiger partial charge is 0.255 e. The highest BCUT2D eigenvalue weighted by atomic mass is 35.5. The second kappa shape index (κ2) is 7.48. The molecule has 96 valence electrons. The lowest BCUT2D eigenvalue weighted by atomic mass is 10.2. The van der Waals surface area contributed by atoms with Crippen molar-refractivity contribution in [3.8, 4) is 0 Å². The van der Waals surface area contributed by atoms with Crippen molar-refractivity contribution in [3.63, 3.8) is 0 Å². The van der Waals surface area contributed by atoms with Crippen LogP contribution in [0.25, 0.3) is 0 Å². The third kappa shape index (κ3) is 3.56. The number of nitrogens with zero attached hydrogens (tertiary/aromatic N) is 2. The van der Waals surface area contributed by atoms with Gasteiger partial charge < -0.3 is 10.6 Å². The summed E-state index contributed by atoms with van der Waals surface area (Å²) in [5.41, 5.74) is 6.28. The predicted molar refractivity (Wildman–Crippen MR) is 71.8 cm³/mol. The summed E-state index contributed by atoms with van der Waals surface area (Å²) in [4.78, 5) is 17.9. The molecule has 1 aromatic rings. The molecule has 0 saturated carbocycles. The summed E-state index contributed by atoms with van der Waals surface area (Å²) in [7, 11) is 0. The Morgan fingerprint density at radius 1 is 1.53 bits per heavy atom. The van der Waals surface area contributed by atoms with Crippen molar-refractivity contribution in [2.24, 2.45) is 5.73 Å². The standard InChI is InChI=1S/C11H15N3O.2ClH/c12-7-10-4-2-6-14(10)11(15)9-3-1-5-13-8-9;;/h1,3,5,8,10H,2,4,6-7,12H2;2*1H.